The highest BCUT2D eigenvalue weighted by atomic mass is 35.5. The van der Waals surface area contributed by atoms with Crippen LogP contribution in [0.15, 0.2) is 18.2 Å². The Kier molecular flexibility index (Phi) is 4.45. The third-order valence-corrected chi connectivity index (χ3v) is 2.29. The third-order valence-electron chi connectivity index (χ3n) is 1.49. The lowest BCUT2D eigenvalue weighted by Crippen LogP contribution is -2.13. The van der Waals surface area contributed by atoms with Gasteiger partial charge in [-0.25, -0.2) is 4.79 Å². The molecule has 0 unspecified atom stereocenters. The van der Waals surface area contributed by atoms with E-state index in [1.54, 1.807) is 0 Å². The maximum Gasteiger partial charge on any atom is 0.347 e. The lowest BCUT2D eigenvalue weighted by Gasteiger charge is -2.03. The molecule has 0 saturated carbocycles. The normalized spacial score (nSPS) is 9.80. The Morgan fingerprint density at radius 1 is 1.33 bits per heavy atom. The van der Waals surface area contributed by atoms with E-state index in [2.05, 4.69) is 17.4 Å². The molecular weight excluding hydrogens is 259 g/mol. The summed E-state index contributed by atoms with van der Waals surface area (Å²) in [5.74, 6) is -1.71. The molecule has 0 bridgehead atoms. The van der Waals surface area contributed by atoms with Crippen LogP contribution < -0.4 is 0 Å². The number of hydrogen-bond donors (Lipinski definition) is 1. The SMILES string of the molecule is O=C(CS)OC(=O)c1ccc(Cl)cc1Cl. The summed E-state index contributed by atoms with van der Waals surface area (Å²) in [6.45, 7) is 0. The fraction of sp³-hybridized carbons (Fsp3) is 0.111. The number of carbonyl (C=O) groups is 2. The first-order valence-corrected chi connectivity index (χ1v) is 5.24. The molecule has 0 amide bonds. The first-order chi connectivity index (χ1) is 7.04. The van der Waals surface area contributed by atoms with Gasteiger partial charge in [0.05, 0.1) is 16.3 Å². The van der Waals surface area contributed by atoms with Crippen LogP contribution in [0.2, 0.25) is 10.0 Å². The fourth-order valence-electron chi connectivity index (χ4n) is 0.846. The molecule has 80 valence electrons. The fourth-order valence-corrected chi connectivity index (χ4v) is 1.40. The standard InChI is InChI=1S/C9H6Cl2O3S/c10-5-1-2-6(7(11)3-5)9(13)14-8(12)4-15/h1-3,15H,4H2. The van der Waals surface area contributed by atoms with Crippen molar-refractivity contribution in [1.29, 1.82) is 0 Å². The first-order valence-electron chi connectivity index (χ1n) is 3.85. The lowest BCUT2D eigenvalue weighted by atomic mass is 10.2. The van der Waals surface area contributed by atoms with Crippen LogP contribution in [0.5, 0.6) is 0 Å². The maximum atomic E-state index is 11.3. The van der Waals surface area contributed by atoms with Crippen LogP contribution in [0.3, 0.4) is 0 Å². The number of esters is 2. The molecule has 1 aromatic carbocycles. The number of rotatable bonds is 2. The Bertz CT molecular complexity index is 406. The predicted octanol–water partition coefficient (Wildman–Crippen LogP) is 2.61. The molecule has 0 spiro atoms. The molecule has 6 heteroatoms. The predicted molar refractivity (Wildman–Crippen MR) is 60.7 cm³/mol. The third kappa shape index (κ3) is 3.41. The van der Waals surface area contributed by atoms with Crippen molar-refractivity contribution in [2.45, 2.75) is 0 Å². The largest absolute Gasteiger partial charge is 0.389 e. The van der Waals surface area contributed by atoms with Crippen molar-refractivity contribution >= 4 is 47.8 Å². The van der Waals surface area contributed by atoms with Crippen molar-refractivity contribution in [2.24, 2.45) is 0 Å². The molecule has 3 nitrogen and oxygen atoms in total. The minimum atomic E-state index is -0.810. The zero-order valence-corrected chi connectivity index (χ0v) is 9.77. The van der Waals surface area contributed by atoms with Gasteiger partial charge in [-0.2, -0.15) is 12.6 Å². The summed E-state index contributed by atoms with van der Waals surface area (Å²) in [5.41, 5.74) is 0.0937. The summed E-state index contributed by atoms with van der Waals surface area (Å²) in [7, 11) is 0. The molecule has 15 heavy (non-hydrogen) atoms. The van der Waals surface area contributed by atoms with Gasteiger partial charge in [-0.3, -0.25) is 4.79 Å². The molecule has 0 N–H and O–H groups in total. The van der Waals surface area contributed by atoms with Crippen molar-refractivity contribution in [2.75, 3.05) is 5.75 Å². The molecule has 0 saturated heterocycles. The molecule has 0 atom stereocenters. The van der Waals surface area contributed by atoms with Crippen molar-refractivity contribution in [3.05, 3.63) is 33.8 Å². The van der Waals surface area contributed by atoms with Crippen molar-refractivity contribution < 1.29 is 14.3 Å². The molecule has 1 aromatic rings. The molecule has 0 fully saturated rings. The zero-order chi connectivity index (χ0) is 11.4. The second-order valence-corrected chi connectivity index (χ2v) is 3.70. The van der Waals surface area contributed by atoms with E-state index < -0.39 is 11.9 Å². The average Bonchev–Trinajstić information content (AvgIpc) is 2.17. The van der Waals surface area contributed by atoms with Gasteiger partial charge in [0, 0.05) is 5.02 Å². The van der Waals surface area contributed by atoms with Gasteiger partial charge in [-0.15, -0.1) is 0 Å². The van der Waals surface area contributed by atoms with Crippen LogP contribution in [0.4, 0.5) is 0 Å². The van der Waals surface area contributed by atoms with Crippen LogP contribution in [0.25, 0.3) is 0 Å². The van der Waals surface area contributed by atoms with Crippen molar-refractivity contribution in [3.8, 4) is 0 Å². The minimum absolute atomic E-state index is 0.0937. The van der Waals surface area contributed by atoms with Crippen LogP contribution in [-0.4, -0.2) is 17.7 Å². The number of hydrogen-bond acceptors (Lipinski definition) is 4. The monoisotopic (exact) mass is 264 g/mol. The Balaban J connectivity index is 2.87. The van der Waals surface area contributed by atoms with E-state index in [0.29, 0.717) is 5.02 Å². The number of benzene rings is 1. The second kappa shape index (κ2) is 5.39. The number of ether oxygens (including phenoxy) is 1. The second-order valence-electron chi connectivity index (χ2n) is 2.54. The van der Waals surface area contributed by atoms with E-state index in [9.17, 15) is 9.59 Å². The lowest BCUT2D eigenvalue weighted by molar-refractivity contribution is -0.134. The van der Waals surface area contributed by atoms with Crippen LogP contribution in [0, 0.1) is 0 Å². The Morgan fingerprint density at radius 3 is 2.53 bits per heavy atom. The van der Waals surface area contributed by atoms with E-state index in [-0.39, 0.29) is 16.3 Å². The van der Waals surface area contributed by atoms with Crippen molar-refractivity contribution in [1.82, 2.24) is 0 Å². The van der Waals surface area contributed by atoms with Gasteiger partial charge >= 0.3 is 11.9 Å². The quantitative estimate of drug-likeness (QED) is 0.507. The summed E-state index contributed by atoms with van der Waals surface area (Å²) in [4.78, 5) is 22.1. The summed E-state index contributed by atoms with van der Waals surface area (Å²) < 4.78 is 4.42. The van der Waals surface area contributed by atoms with Gasteiger partial charge in [-0.05, 0) is 18.2 Å². The van der Waals surface area contributed by atoms with Gasteiger partial charge in [0.1, 0.15) is 0 Å². The number of carbonyl (C=O) groups excluding carboxylic acids is 2. The molecular formula is C9H6Cl2O3S. The zero-order valence-electron chi connectivity index (χ0n) is 7.37. The first kappa shape index (κ1) is 12.4. The number of halogens is 2. The highest BCUT2D eigenvalue weighted by Gasteiger charge is 2.15. The maximum absolute atomic E-state index is 11.3. The summed E-state index contributed by atoms with van der Waals surface area (Å²) in [6.07, 6.45) is 0. The summed E-state index contributed by atoms with van der Waals surface area (Å²) in [6, 6.07) is 4.26. The minimum Gasteiger partial charge on any atom is -0.389 e. The van der Waals surface area contributed by atoms with Crippen molar-refractivity contribution in [3.63, 3.8) is 0 Å². The van der Waals surface area contributed by atoms with E-state index in [0.717, 1.165) is 0 Å². The van der Waals surface area contributed by atoms with Crippen LogP contribution in [0.1, 0.15) is 10.4 Å². The molecule has 0 heterocycles. The van der Waals surface area contributed by atoms with E-state index in [4.69, 9.17) is 23.2 Å². The van der Waals surface area contributed by atoms with E-state index in [1.165, 1.54) is 18.2 Å². The molecule has 0 radical (unpaired) electrons. The average molecular weight is 265 g/mol. The summed E-state index contributed by atoms with van der Waals surface area (Å²) >= 11 is 15.0. The highest BCUT2D eigenvalue weighted by Crippen LogP contribution is 2.21. The molecule has 0 aromatic heterocycles. The summed E-state index contributed by atoms with van der Waals surface area (Å²) in [5, 5.41) is 0.538. The topological polar surface area (TPSA) is 43.4 Å². The van der Waals surface area contributed by atoms with Gasteiger partial charge in [0.2, 0.25) is 0 Å². The Morgan fingerprint density at radius 2 is 2.00 bits per heavy atom. The molecule has 0 aliphatic carbocycles. The molecule has 0 aliphatic heterocycles. The van der Waals surface area contributed by atoms with Gasteiger partial charge < -0.3 is 4.74 Å². The Hall–Kier alpha value is -0.710. The molecule has 0 aliphatic rings. The smallest absolute Gasteiger partial charge is 0.347 e. The van der Waals surface area contributed by atoms with Crippen LogP contribution in [-0.2, 0) is 9.53 Å². The number of thiol groups is 1. The van der Waals surface area contributed by atoms with E-state index in [1.807, 2.05) is 0 Å². The van der Waals surface area contributed by atoms with Gasteiger partial charge in [0.15, 0.2) is 0 Å². The molecule has 1 rings (SSSR count). The van der Waals surface area contributed by atoms with Gasteiger partial charge in [-0.1, -0.05) is 23.2 Å². The highest BCUT2D eigenvalue weighted by molar-refractivity contribution is 7.81. The van der Waals surface area contributed by atoms with Crippen LogP contribution >= 0.6 is 35.8 Å². The van der Waals surface area contributed by atoms with E-state index >= 15 is 0 Å². The van der Waals surface area contributed by atoms with Gasteiger partial charge in [0.25, 0.3) is 0 Å². The Labute approximate surface area is 102 Å².